The van der Waals surface area contributed by atoms with E-state index in [1.807, 2.05) is 6.07 Å². The lowest BCUT2D eigenvalue weighted by molar-refractivity contribution is 0.670. The van der Waals surface area contributed by atoms with Crippen molar-refractivity contribution in [3.63, 3.8) is 0 Å². The Kier molecular flexibility index (Phi) is 7.18. The molecule has 10 aromatic rings. The van der Waals surface area contributed by atoms with Crippen molar-refractivity contribution in [1.82, 2.24) is 0 Å². The average molecular weight is 664 g/mol. The molecule has 0 aliphatic heterocycles. The Bertz CT molecular complexity index is 2880. The molecule has 0 aliphatic rings. The zero-order valence-corrected chi connectivity index (χ0v) is 28.4. The summed E-state index contributed by atoms with van der Waals surface area (Å²) in [6.45, 7) is 0. The molecule has 0 saturated carbocycles. The van der Waals surface area contributed by atoms with E-state index in [0.717, 1.165) is 50.1 Å². The Hall–Kier alpha value is -6.90. The molecular weight excluding hydrogens is 631 g/mol. The standard InChI is InChI=1S/C50H33NO/c1-2-13-34(14-3-1)35-25-29-39(30-26-35)51(40-31-27-37(28-32-40)42-22-12-17-36-15-4-6-18-41(36)42)47-23-10-8-20-44(47)46-33-38-16-5-7-19-43(38)49-45-21-9-11-24-48(45)52-50(46)49/h1-33H. The maximum Gasteiger partial charge on any atom is 0.143 e. The van der Waals surface area contributed by atoms with Crippen molar-refractivity contribution in [3.8, 4) is 33.4 Å². The first-order chi connectivity index (χ1) is 25.8. The third kappa shape index (κ3) is 5.04. The third-order valence-corrected chi connectivity index (χ3v) is 10.3. The van der Waals surface area contributed by atoms with Gasteiger partial charge in [-0.05, 0) is 86.3 Å². The van der Waals surface area contributed by atoms with Crippen LogP contribution in [0.1, 0.15) is 0 Å². The number of anilines is 3. The number of furan rings is 1. The average Bonchev–Trinajstić information content (AvgIpc) is 3.62. The number of rotatable bonds is 6. The number of fused-ring (bicyclic) bond motifs is 6. The molecule has 2 nitrogen and oxygen atoms in total. The molecule has 0 saturated heterocycles. The van der Waals surface area contributed by atoms with Crippen molar-refractivity contribution in [3.05, 3.63) is 200 Å². The van der Waals surface area contributed by atoms with Gasteiger partial charge >= 0.3 is 0 Å². The molecule has 9 aromatic carbocycles. The van der Waals surface area contributed by atoms with Gasteiger partial charge in [-0.3, -0.25) is 0 Å². The van der Waals surface area contributed by atoms with E-state index in [-0.39, 0.29) is 0 Å². The van der Waals surface area contributed by atoms with Gasteiger partial charge in [-0.2, -0.15) is 0 Å². The van der Waals surface area contributed by atoms with Crippen molar-refractivity contribution in [2.45, 2.75) is 0 Å². The van der Waals surface area contributed by atoms with Gasteiger partial charge in [0.25, 0.3) is 0 Å². The molecule has 1 heterocycles. The maximum absolute atomic E-state index is 6.74. The highest BCUT2D eigenvalue weighted by molar-refractivity contribution is 6.23. The molecule has 0 unspecified atom stereocenters. The summed E-state index contributed by atoms with van der Waals surface area (Å²) in [4.78, 5) is 2.38. The Morgan fingerprint density at radius 2 is 0.904 bits per heavy atom. The number of para-hydroxylation sites is 2. The molecule has 0 fully saturated rings. The van der Waals surface area contributed by atoms with Crippen LogP contribution >= 0.6 is 0 Å². The smallest absolute Gasteiger partial charge is 0.143 e. The number of benzene rings is 9. The molecular formula is C50H33NO. The zero-order valence-electron chi connectivity index (χ0n) is 28.4. The van der Waals surface area contributed by atoms with E-state index < -0.39 is 0 Å². The summed E-state index contributed by atoms with van der Waals surface area (Å²) >= 11 is 0. The molecule has 0 N–H and O–H groups in total. The van der Waals surface area contributed by atoms with E-state index in [2.05, 4.69) is 199 Å². The van der Waals surface area contributed by atoms with E-state index >= 15 is 0 Å². The number of hydrogen-bond acceptors (Lipinski definition) is 2. The fourth-order valence-electron chi connectivity index (χ4n) is 7.80. The normalized spacial score (nSPS) is 11.5. The Morgan fingerprint density at radius 3 is 1.69 bits per heavy atom. The van der Waals surface area contributed by atoms with Crippen LogP contribution in [0.2, 0.25) is 0 Å². The van der Waals surface area contributed by atoms with Gasteiger partial charge in [0.2, 0.25) is 0 Å². The molecule has 0 spiro atoms. The second-order valence-electron chi connectivity index (χ2n) is 13.3. The van der Waals surface area contributed by atoms with Crippen molar-refractivity contribution in [2.75, 3.05) is 4.90 Å². The molecule has 0 bridgehead atoms. The summed E-state index contributed by atoms with van der Waals surface area (Å²) in [5.41, 5.74) is 12.0. The lowest BCUT2D eigenvalue weighted by atomic mass is 9.94. The van der Waals surface area contributed by atoms with E-state index in [0.29, 0.717) is 0 Å². The largest absolute Gasteiger partial charge is 0.455 e. The second-order valence-corrected chi connectivity index (χ2v) is 13.3. The van der Waals surface area contributed by atoms with Gasteiger partial charge < -0.3 is 9.32 Å². The fraction of sp³-hybridized carbons (Fsp3) is 0. The number of nitrogens with zero attached hydrogens (tertiary/aromatic N) is 1. The first-order valence-corrected chi connectivity index (χ1v) is 17.8. The summed E-state index contributed by atoms with van der Waals surface area (Å²) in [7, 11) is 0. The van der Waals surface area contributed by atoms with Gasteiger partial charge in [-0.25, -0.2) is 0 Å². The van der Waals surface area contributed by atoms with Crippen LogP contribution in [0.5, 0.6) is 0 Å². The lowest BCUT2D eigenvalue weighted by Crippen LogP contribution is -2.11. The topological polar surface area (TPSA) is 16.4 Å². The van der Waals surface area contributed by atoms with Gasteiger partial charge in [-0.1, -0.05) is 158 Å². The van der Waals surface area contributed by atoms with E-state index in [4.69, 9.17) is 4.42 Å². The van der Waals surface area contributed by atoms with Crippen LogP contribution in [0.3, 0.4) is 0 Å². The number of hydrogen-bond donors (Lipinski definition) is 0. The van der Waals surface area contributed by atoms with Gasteiger partial charge in [0.05, 0.1) is 5.69 Å². The van der Waals surface area contributed by atoms with Crippen LogP contribution in [0.25, 0.3) is 76.9 Å². The minimum atomic E-state index is 0.893. The van der Waals surface area contributed by atoms with Crippen LogP contribution in [-0.4, -0.2) is 0 Å². The molecule has 2 heteroatoms. The Balaban J connectivity index is 1.18. The van der Waals surface area contributed by atoms with Gasteiger partial charge in [0.1, 0.15) is 11.2 Å². The second kappa shape index (κ2) is 12.5. The van der Waals surface area contributed by atoms with Gasteiger partial charge in [0.15, 0.2) is 0 Å². The Labute approximate surface area is 302 Å². The summed E-state index contributed by atoms with van der Waals surface area (Å²) in [5.74, 6) is 0. The summed E-state index contributed by atoms with van der Waals surface area (Å²) in [5, 5.41) is 7.15. The summed E-state index contributed by atoms with van der Waals surface area (Å²) in [6.07, 6.45) is 0. The van der Waals surface area contributed by atoms with Crippen LogP contribution in [0.15, 0.2) is 205 Å². The highest BCUT2D eigenvalue weighted by Crippen LogP contribution is 2.47. The van der Waals surface area contributed by atoms with Crippen LogP contribution in [0.4, 0.5) is 17.1 Å². The highest BCUT2D eigenvalue weighted by Gasteiger charge is 2.22. The van der Waals surface area contributed by atoms with Crippen molar-refractivity contribution in [2.24, 2.45) is 0 Å². The summed E-state index contributed by atoms with van der Waals surface area (Å²) < 4.78 is 6.74. The van der Waals surface area contributed by atoms with Gasteiger partial charge in [-0.15, -0.1) is 0 Å². The minimum Gasteiger partial charge on any atom is -0.455 e. The predicted octanol–water partition coefficient (Wildman–Crippen LogP) is 14.4. The molecule has 0 amide bonds. The van der Waals surface area contributed by atoms with Crippen LogP contribution in [-0.2, 0) is 0 Å². The third-order valence-electron chi connectivity index (χ3n) is 10.3. The molecule has 52 heavy (non-hydrogen) atoms. The van der Waals surface area contributed by atoms with E-state index in [1.54, 1.807) is 0 Å². The highest BCUT2D eigenvalue weighted by atomic mass is 16.3. The molecule has 244 valence electrons. The zero-order chi connectivity index (χ0) is 34.4. The van der Waals surface area contributed by atoms with Crippen molar-refractivity contribution >= 4 is 60.5 Å². The quantitative estimate of drug-likeness (QED) is 0.176. The van der Waals surface area contributed by atoms with E-state index in [1.165, 1.54) is 43.8 Å². The summed E-state index contributed by atoms with van der Waals surface area (Å²) in [6, 6.07) is 71.6. The molecule has 10 rings (SSSR count). The van der Waals surface area contributed by atoms with Crippen molar-refractivity contribution < 1.29 is 4.42 Å². The fourth-order valence-corrected chi connectivity index (χ4v) is 7.80. The monoisotopic (exact) mass is 663 g/mol. The first-order valence-electron chi connectivity index (χ1n) is 17.8. The maximum atomic E-state index is 6.74. The van der Waals surface area contributed by atoms with Gasteiger partial charge in [0, 0.05) is 33.3 Å². The molecule has 1 aromatic heterocycles. The van der Waals surface area contributed by atoms with Crippen molar-refractivity contribution in [1.29, 1.82) is 0 Å². The Morgan fingerprint density at radius 1 is 0.346 bits per heavy atom. The van der Waals surface area contributed by atoms with Crippen LogP contribution < -0.4 is 4.90 Å². The molecule has 0 atom stereocenters. The van der Waals surface area contributed by atoms with Crippen LogP contribution in [0, 0.1) is 0 Å². The molecule has 0 aliphatic carbocycles. The SMILES string of the molecule is c1ccc(-c2ccc(N(c3ccc(-c4cccc5ccccc45)cc3)c3ccccc3-c3cc4ccccc4c4c3oc3ccccc34)cc2)cc1. The molecule has 0 radical (unpaired) electrons. The van der Waals surface area contributed by atoms with E-state index in [9.17, 15) is 0 Å². The predicted molar refractivity (Wildman–Crippen MR) is 220 cm³/mol. The lowest BCUT2D eigenvalue weighted by Gasteiger charge is -2.28. The first kappa shape index (κ1) is 30.0. The minimum absolute atomic E-state index is 0.893.